The van der Waals surface area contributed by atoms with E-state index in [1.165, 1.54) is 14.2 Å². The van der Waals surface area contributed by atoms with Gasteiger partial charge in [0, 0.05) is 20.8 Å². The Hall–Kier alpha value is -1.26. The zero-order chi connectivity index (χ0) is 18.0. The summed E-state index contributed by atoms with van der Waals surface area (Å²) in [5.74, 6) is -4.11. The first kappa shape index (κ1) is 19.1. The molecule has 9 heteroatoms. The van der Waals surface area contributed by atoms with Crippen molar-refractivity contribution in [2.75, 3.05) is 27.3 Å². The molecule has 0 aliphatic carbocycles. The molecule has 2 rings (SSSR count). The third-order valence-corrected chi connectivity index (χ3v) is 4.77. The number of carboxylic acid groups (broad SMARTS) is 1. The van der Waals surface area contributed by atoms with E-state index in [-0.39, 0.29) is 18.5 Å². The van der Waals surface area contributed by atoms with Crippen LogP contribution in [0.5, 0.6) is 0 Å². The Labute approximate surface area is 141 Å². The van der Waals surface area contributed by atoms with Crippen molar-refractivity contribution in [1.82, 2.24) is 10.6 Å². The van der Waals surface area contributed by atoms with Crippen molar-refractivity contribution in [3.05, 3.63) is 0 Å². The SMILES string of the molecule is CO[C@@]1(C)O[C@H](C(=O)O)[C@@H](CNC(=O)[C@@H]2CCCN2)O[C@]1(C)OC. The van der Waals surface area contributed by atoms with E-state index in [0.29, 0.717) is 0 Å². The van der Waals surface area contributed by atoms with Crippen molar-refractivity contribution in [2.24, 2.45) is 0 Å². The molecular weight excluding hydrogens is 320 g/mol. The largest absolute Gasteiger partial charge is 0.479 e. The Bertz CT molecular complexity index is 482. The summed E-state index contributed by atoms with van der Waals surface area (Å²) in [6.45, 7) is 3.94. The summed E-state index contributed by atoms with van der Waals surface area (Å²) < 4.78 is 22.1. The maximum atomic E-state index is 12.1. The molecule has 0 radical (unpaired) electrons. The lowest BCUT2D eigenvalue weighted by atomic mass is 10.0. The van der Waals surface area contributed by atoms with E-state index >= 15 is 0 Å². The van der Waals surface area contributed by atoms with Crippen molar-refractivity contribution in [1.29, 1.82) is 0 Å². The zero-order valence-electron chi connectivity index (χ0n) is 14.5. The minimum atomic E-state index is -1.40. The van der Waals surface area contributed by atoms with Crippen molar-refractivity contribution >= 4 is 11.9 Å². The number of carbonyl (C=O) groups excluding carboxylic acids is 1. The fraction of sp³-hybridized carbons (Fsp3) is 0.867. The van der Waals surface area contributed by atoms with Crippen LogP contribution < -0.4 is 10.6 Å². The Morgan fingerprint density at radius 2 is 1.88 bits per heavy atom. The molecule has 9 nitrogen and oxygen atoms in total. The van der Waals surface area contributed by atoms with Gasteiger partial charge in [-0.3, -0.25) is 4.79 Å². The molecule has 2 heterocycles. The predicted molar refractivity (Wildman–Crippen MR) is 82.2 cm³/mol. The zero-order valence-corrected chi connectivity index (χ0v) is 14.5. The summed E-state index contributed by atoms with van der Waals surface area (Å²) in [7, 11) is 2.80. The van der Waals surface area contributed by atoms with Gasteiger partial charge in [0.15, 0.2) is 6.10 Å². The van der Waals surface area contributed by atoms with Crippen LogP contribution >= 0.6 is 0 Å². The summed E-state index contributed by atoms with van der Waals surface area (Å²) in [6, 6.07) is -0.254. The van der Waals surface area contributed by atoms with Crippen LogP contribution in [0.15, 0.2) is 0 Å². The second kappa shape index (κ2) is 7.32. The van der Waals surface area contributed by atoms with Crippen molar-refractivity contribution < 1.29 is 33.6 Å². The van der Waals surface area contributed by atoms with Gasteiger partial charge < -0.3 is 34.7 Å². The van der Waals surface area contributed by atoms with Crippen LogP contribution in [0.25, 0.3) is 0 Å². The van der Waals surface area contributed by atoms with Gasteiger partial charge in [-0.15, -0.1) is 0 Å². The molecule has 24 heavy (non-hydrogen) atoms. The molecule has 0 saturated carbocycles. The molecule has 5 atom stereocenters. The average Bonchev–Trinajstić information content (AvgIpc) is 3.09. The number of methoxy groups -OCH3 is 2. The van der Waals surface area contributed by atoms with Crippen LogP contribution in [0.4, 0.5) is 0 Å². The van der Waals surface area contributed by atoms with Gasteiger partial charge in [-0.25, -0.2) is 4.79 Å². The van der Waals surface area contributed by atoms with Gasteiger partial charge in [0.1, 0.15) is 6.10 Å². The molecule has 0 unspecified atom stereocenters. The molecule has 0 aromatic carbocycles. The fourth-order valence-electron chi connectivity index (χ4n) is 2.94. The summed E-state index contributed by atoms with van der Waals surface area (Å²) in [6.07, 6.45) is -0.517. The Kier molecular flexibility index (Phi) is 5.82. The summed E-state index contributed by atoms with van der Waals surface area (Å²) in [5.41, 5.74) is 0. The first-order valence-electron chi connectivity index (χ1n) is 7.96. The van der Waals surface area contributed by atoms with Gasteiger partial charge in [0.2, 0.25) is 17.5 Å². The molecule has 0 aromatic heterocycles. The van der Waals surface area contributed by atoms with E-state index < -0.39 is 29.8 Å². The number of ether oxygens (including phenoxy) is 4. The summed E-state index contributed by atoms with van der Waals surface area (Å²) in [5, 5.41) is 15.2. The van der Waals surface area contributed by atoms with Crippen LogP contribution in [-0.2, 0) is 28.5 Å². The van der Waals surface area contributed by atoms with Crippen LogP contribution in [-0.4, -0.2) is 74.1 Å². The number of carbonyl (C=O) groups is 2. The van der Waals surface area contributed by atoms with Crippen LogP contribution in [0.1, 0.15) is 26.7 Å². The smallest absolute Gasteiger partial charge is 0.335 e. The summed E-state index contributed by atoms with van der Waals surface area (Å²) >= 11 is 0. The second-order valence-electron chi connectivity index (χ2n) is 6.23. The number of nitrogens with one attached hydrogen (secondary N) is 2. The third kappa shape index (κ3) is 3.55. The summed E-state index contributed by atoms with van der Waals surface area (Å²) in [4.78, 5) is 23.6. The highest BCUT2D eigenvalue weighted by molar-refractivity contribution is 5.82. The lowest BCUT2D eigenvalue weighted by Crippen LogP contribution is -2.68. The Balaban J connectivity index is 2.08. The number of rotatable bonds is 6. The van der Waals surface area contributed by atoms with Crippen LogP contribution in [0.3, 0.4) is 0 Å². The van der Waals surface area contributed by atoms with Gasteiger partial charge >= 0.3 is 5.97 Å². The van der Waals surface area contributed by atoms with Crippen molar-refractivity contribution in [3.8, 4) is 0 Å². The number of hydrogen-bond donors (Lipinski definition) is 3. The standard InChI is InChI=1S/C15H26N2O7/c1-14(21-3)15(2,22-4)24-11(13(19)20)10(23-14)8-17-12(18)9-6-5-7-16-9/h9-11,16H,5-8H2,1-4H3,(H,17,18)(H,19,20)/t9-,10+,11-,14-,15-/m0/s1. The number of carboxylic acids is 1. The van der Waals surface area contributed by atoms with Gasteiger partial charge in [0.25, 0.3) is 0 Å². The highest BCUT2D eigenvalue weighted by Gasteiger charge is 2.58. The van der Waals surface area contributed by atoms with E-state index in [4.69, 9.17) is 18.9 Å². The van der Waals surface area contributed by atoms with E-state index in [1.807, 2.05) is 0 Å². The second-order valence-corrected chi connectivity index (χ2v) is 6.23. The minimum Gasteiger partial charge on any atom is -0.479 e. The highest BCUT2D eigenvalue weighted by atomic mass is 16.8. The highest BCUT2D eigenvalue weighted by Crippen LogP contribution is 2.39. The van der Waals surface area contributed by atoms with Gasteiger partial charge in [-0.05, 0) is 33.2 Å². The number of aliphatic carboxylic acids is 1. The third-order valence-electron chi connectivity index (χ3n) is 4.77. The molecule has 2 aliphatic heterocycles. The Morgan fingerprint density at radius 1 is 1.25 bits per heavy atom. The first-order chi connectivity index (χ1) is 11.3. The molecule has 2 saturated heterocycles. The van der Waals surface area contributed by atoms with E-state index in [1.54, 1.807) is 13.8 Å². The van der Waals surface area contributed by atoms with Crippen molar-refractivity contribution in [2.45, 2.75) is 56.5 Å². The molecule has 2 aliphatic rings. The monoisotopic (exact) mass is 346 g/mol. The number of hydrogen-bond acceptors (Lipinski definition) is 7. The quantitative estimate of drug-likeness (QED) is 0.587. The van der Waals surface area contributed by atoms with Crippen molar-refractivity contribution in [3.63, 3.8) is 0 Å². The van der Waals surface area contributed by atoms with Gasteiger partial charge in [0.05, 0.1) is 6.04 Å². The van der Waals surface area contributed by atoms with E-state index in [2.05, 4.69) is 10.6 Å². The van der Waals surface area contributed by atoms with E-state index in [0.717, 1.165) is 19.4 Å². The van der Waals surface area contributed by atoms with E-state index in [9.17, 15) is 14.7 Å². The number of amides is 1. The normalized spacial score (nSPS) is 39.6. The first-order valence-corrected chi connectivity index (χ1v) is 7.96. The Morgan fingerprint density at radius 3 is 2.38 bits per heavy atom. The molecule has 0 spiro atoms. The maximum absolute atomic E-state index is 12.1. The molecule has 3 N–H and O–H groups in total. The molecule has 138 valence electrons. The molecule has 2 fully saturated rings. The average molecular weight is 346 g/mol. The molecule has 1 amide bonds. The minimum absolute atomic E-state index is 0.00722. The van der Waals surface area contributed by atoms with Crippen LogP contribution in [0.2, 0.25) is 0 Å². The van der Waals surface area contributed by atoms with Gasteiger partial charge in [-0.1, -0.05) is 0 Å². The molecule has 0 bridgehead atoms. The van der Waals surface area contributed by atoms with Crippen LogP contribution in [0, 0.1) is 0 Å². The van der Waals surface area contributed by atoms with Gasteiger partial charge in [-0.2, -0.15) is 0 Å². The topological polar surface area (TPSA) is 115 Å². The molecular formula is C15H26N2O7. The maximum Gasteiger partial charge on any atom is 0.335 e. The fourth-order valence-corrected chi connectivity index (χ4v) is 2.94. The lowest BCUT2D eigenvalue weighted by molar-refractivity contribution is -0.442. The molecule has 0 aromatic rings. The predicted octanol–water partition coefficient (Wildman–Crippen LogP) is -0.552. The lowest BCUT2D eigenvalue weighted by Gasteiger charge is -2.51.